The number of thiazole rings is 1. The lowest BCUT2D eigenvalue weighted by Crippen LogP contribution is -2.46. The number of pyridine rings is 2. The lowest BCUT2D eigenvalue weighted by molar-refractivity contribution is -0.142. The zero-order chi connectivity index (χ0) is 42.4. The van der Waals surface area contributed by atoms with Crippen molar-refractivity contribution < 1.29 is 40.3 Å². The summed E-state index contributed by atoms with van der Waals surface area (Å²) in [5.41, 5.74) is 0.457. The first kappa shape index (κ1) is 38.8. The van der Waals surface area contributed by atoms with Gasteiger partial charge in [-0.1, -0.05) is 35.6 Å². The van der Waals surface area contributed by atoms with Crippen molar-refractivity contribution in [1.82, 2.24) is 35.4 Å². The molecule has 61 heavy (non-hydrogen) atoms. The lowest BCUT2D eigenvalue weighted by atomic mass is 9.81. The largest absolute Gasteiger partial charge is 0.435 e. The van der Waals surface area contributed by atoms with Crippen LogP contribution in [0.25, 0.3) is 21.5 Å². The van der Waals surface area contributed by atoms with E-state index in [9.17, 15) is 31.5 Å². The number of nitrogens with zero attached hydrogens (tertiary/aromatic N) is 7. The van der Waals surface area contributed by atoms with Gasteiger partial charge in [0.15, 0.2) is 16.5 Å². The number of amides is 2. The van der Waals surface area contributed by atoms with Crippen LogP contribution in [0.15, 0.2) is 79.1 Å². The quantitative estimate of drug-likeness (QED) is 0.115. The van der Waals surface area contributed by atoms with Gasteiger partial charge >= 0.3 is 6.18 Å². The third-order valence-corrected chi connectivity index (χ3v) is 12.7. The van der Waals surface area contributed by atoms with Gasteiger partial charge in [-0.05, 0) is 59.5 Å². The van der Waals surface area contributed by atoms with Crippen molar-refractivity contribution in [3.63, 3.8) is 0 Å². The average Bonchev–Trinajstić information content (AvgIpc) is 3.94. The number of allylic oxidation sites excluding steroid dienone is 2. The number of benzene rings is 2. The van der Waals surface area contributed by atoms with Crippen LogP contribution in [0.1, 0.15) is 56.1 Å². The molecule has 2 aliphatic heterocycles. The van der Waals surface area contributed by atoms with E-state index in [0.29, 0.717) is 69.0 Å². The summed E-state index contributed by atoms with van der Waals surface area (Å²) in [6.07, 6.45) is 0.501. The number of anilines is 2. The molecule has 10 rings (SSSR count). The predicted molar refractivity (Wildman–Crippen MR) is 210 cm³/mol. The van der Waals surface area contributed by atoms with Gasteiger partial charge in [0.25, 0.3) is 11.8 Å². The lowest BCUT2D eigenvalue weighted by Gasteiger charge is -2.35. The van der Waals surface area contributed by atoms with E-state index < -0.39 is 71.0 Å². The van der Waals surface area contributed by atoms with Gasteiger partial charge < -0.3 is 20.4 Å². The molecule has 312 valence electrons. The van der Waals surface area contributed by atoms with Gasteiger partial charge in [0.2, 0.25) is 5.91 Å². The molecule has 2 amide bonds. The SMILES string of the molecule is O=C(Cn1nc(C(F)(F)F)c2c1C(F)(F)[C@@H]1C=C[C@H]21)N[C@@H](Cc1cc(F)cc(F)c1)c1nc2nc(N3CCN(c4ccncc4)CC3)sc2cc1-c1cccc2c1CNC2=O. The zero-order valence-electron chi connectivity index (χ0n) is 31.7. The highest BCUT2D eigenvalue weighted by Crippen LogP contribution is 2.60. The number of piperazine rings is 1. The fraction of sp³-hybridized carbons (Fsp3) is 0.286. The molecule has 2 aromatic carbocycles. The van der Waals surface area contributed by atoms with E-state index in [1.165, 1.54) is 17.4 Å². The third kappa shape index (κ3) is 6.74. The molecule has 0 saturated carbocycles. The van der Waals surface area contributed by atoms with Gasteiger partial charge in [0.05, 0.1) is 22.4 Å². The third-order valence-electron chi connectivity index (χ3n) is 11.7. The number of hydrogen-bond donors (Lipinski definition) is 2. The summed E-state index contributed by atoms with van der Waals surface area (Å²) < 4.78 is 104. The number of halogens is 7. The summed E-state index contributed by atoms with van der Waals surface area (Å²) in [5, 5.41) is 9.73. The number of nitrogens with one attached hydrogen (secondary N) is 2. The first-order chi connectivity index (χ1) is 29.2. The summed E-state index contributed by atoms with van der Waals surface area (Å²) >= 11 is 1.38. The van der Waals surface area contributed by atoms with E-state index >= 15 is 8.78 Å². The molecule has 4 aromatic heterocycles. The Morgan fingerprint density at radius 3 is 2.36 bits per heavy atom. The smallest absolute Gasteiger partial charge is 0.368 e. The van der Waals surface area contributed by atoms with Crippen LogP contribution < -0.4 is 20.4 Å². The van der Waals surface area contributed by atoms with E-state index in [1.54, 1.807) is 30.6 Å². The van der Waals surface area contributed by atoms with Gasteiger partial charge in [-0.3, -0.25) is 19.3 Å². The molecule has 6 heterocycles. The number of rotatable bonds is 9. The van der Waals surface area contributed by atoms with Crippen LogP contribution in [0.4, 0.5) is 41.6 Å². The van der Waals surface area contributed by atoms with Crippen LogP contribution >= 0.6 is 11.3 Å². The molecule has 3 atom stereocenters. The molecule has 0 radical (unpaired) electrons. The van der Waals surface area contributed by atoms with E-state index in [1.807, 2.05) is 18.2 Å². The Kier molecular flexibility index (Phi) is 9.15. The van der Waals surface area contributed by atoms with Crippen molar-refractivity contribution in [1.29, 1.82) is 0 Å². The van der Waals surface area contributed by atoms with E-state index in [2.05, 4.69) is 30.5 Å². The second-order valence-corrected chi connectivity index (χ2v) is 16.4. The average molecular weight is 860 g/mol. The number of carbonyl (C=O) groups excluding carboxylic acids is 2. The second kappa shape index (κ2) is 14.4. The molecule has 1 fully saturated rings. The monoisotopic (exact) mass is 859 g/mol. The normalized spacial score (nSPS) is 19.4. The molecule has 6 aromatic rings. The fourth-order valence-corrected chi connectivity index (χ4v) is 9.84. The Morgan fingerprint density at radius 2 is 1.66 bits per heavy atom. The van der Waals surface area contributed by atoms with Crippen molar-refractivity contribution in [2.75, 3.05) is 36.0 Å². The van der Waals surface area contributed by atoms with E-state index in [4.69, 9.17) is 9.97 Å². The van der Waals surface area contributed by atoms with Crippen molar-refractivity contribution in [3.05, 3.63) is 130 Å². The number of hydrogen-bond acceptors (Lipinski definition) is 9. The van der Waals surface area contributed by atoms with Crippen LogP contribution in [0.5, 0.6) is 0 Å². The van der Waals surface area contributed by atoms with Gasteiger partial charge in [-0.2, -0.15) is 32.0 Å². The number of aromatic nitrogens is 5. The summed E-state index contributed by atoms with van der Waals surface area (Å²) in [6, 6.07) is 12.4. The standard InChI is InChI=1S/C42H32F7N9O2S/c43-22-14-21(15-23(44)17-22)16-31(52-33(59)20-58-37-34(36(55-58)42(47,48)49)27-4-5-30(27)41(37,45)46)35-28(25-2-1-3-26-29(25)19-51-39(26)60)18-32-38(53-35)54-40(61-32)57-12-10-56(11-13-57)24-6-8-50-9-7-24/h1-9,14-15,17-18,27,30-31H,10-13,16,19-20H2,(H,51,60)(H,52,59)/t27-,30+,31-/m0/s1. The highest BCUT2D eigenvalue weighted by molar-refractivity contribution is 7.22. The van der Waals surface area contributed by atoms with E-state index in [-0.39, 0.29) is 35.8 Å². The van der Waals surface area contributed by atoms with Gasteiger partial charge in [-0.15, -0.1) is 0 Å². The Balaban J connectivity index is 1.06. The molecule has 2 aliphatic carbocycles. The molecule has 0 bridgehead atoms. The minimum Gasteiger partial charge on any atom is -0.368 e. The summed E-state index contributed by atoms with van der Waals surface area (Å²) in [5.74, 6) is -9.58. The molecule has 11 nitrogen and oxygen atoms in total. The maximum Gasteiger partial charge on any atom is 0.435 e. The van der Waals surface area contributed by atoms with Crippen LogP contribution in [0, 0.1) is 17.6 Å². The van der Waals surface area contributed by atoms with Crippen molar-refractivity contribution in [3.8, 4) is 11.1 Å². The predicted octanol–water partition coefficient (Wildman–Crippen LogP) is 7.29. The highest BCUT2D eigenvalue weighted by Gasteiger charge is 2.61. The van der Waals surface area contributed by atoms with E-state index in [0.717, 1.165) is 23.9 Å². The Labute approximate surface area is 345 Å². The first-order valence-corrected chi connectivity index (χ1v) is 20.2. The minimum absolute atomic E-state index is 0.0883. The topological polar surface area (TPSA) is 121 Å². The summed E-state index contributed by atoms with van der Waals surface area (Å²) in [4.78, 5) is 45.2. The minimum atomic E-state index is -5.08. The molecule has 2 N–H and O–H groups in total. The highest BCUT2D eigenvalue weighted by atomic mass is 32.1. The number of alkyl halides is 5. The van der Waals surface area contributed by atoms with Crippen LogP contribution in [-0.4, -0.2) is 62.7 Å². The Morgan fingerprint density at radius 1 is 0.934 bits per heavy atom. The Bertz CT molecular complexity index is 2760. The molecule has 1 saturated heterocycles. The summed E-state index contributed by atoms with van der Waals surface area (Å²) in [6.45, 7) is 1.80. The molecular formula is C42H32F7N9O2S. The van der Waals surface area contributed by atoms with Gasteiger partial charge in [0, 0.05) is 79.5 Å². The molecular weight excluding hydrogens is 828 g/mol. The number of fused-ring (bicyclic) bond motifs is 5. The maximum absolute atomic E-state index is 15.7. The maximum atomic E-state index is 15.7. The zero-order valence-corrected chi connectivity index (χ0v) is 32.5. The molecule has 0 spiro atoms. The van der Waals surface area contributed by atoms with Crippen molar-refractivity contribution in [2.24, 2.45) is 5.92 Å². The van der Waals surface area contributed by atoms with Crippen molar-refractivity contribution >= 4 is 44.3 Å². The van der Waals surface area contributed by atoms with Crippen LogP contribution in [0.2, 0.25) is 0 Å². The van der Waals surface area contributed by atoms with Gasteiger partial charge in [0.1, 0.15) is 23.9 Å². The Hall–Kier alpha value is -6.37. The summed E-state index contributed by atoms with van der Waals surface area (Å²) in [7, 11) is 0. The van der Waals surface area contributed by atoms with Crippen LogP contribution in [0.3, 0.4) is 0 Å². The molecule has 4 aliphatic rings. The van der Waals surface area contributed by atoms with Crippen molar-refractivity contribution in [2.45, 2.75) is 43.6 Å². The second-order valence-electron chi connectivity index (χ2n) is 15.4. The van der Waals surface area contributed by atoms with Crippen LogP contribution in [-0.2, 0) is 36.4 Å². The molecule has 0 unspecified atom stereocenters. The number of carbonyl (C=O) groups is 2. The molecule has 19 heteroatoms. The first-order valence-electron chi connectivity index (χ1n) is 19.3. The fourth-order valence-electron chi connectivity index (χ4n) is 8.84. The van der Waals surface area contributed by atoms with Gasteiger partial charge in [-0.25, -0.2) is 13.8 Å².